The van der Waals surface area contributed by atoms with Crippen molar-refractivity contribution in [3.05, 3.63) is 17.0 Å². The fraction of sp³-hybridized carbons (Fsp3) is 0.200. The molecule has 12 heavy (non-hydrogen) atoms. The summed E-state index contributed by atoms with van der Waals surface area (Å²) in [6.45, 7) is 0. The number of hydrogen-bond acceptors (Lipinski definition) is 3. The van der Waals surface area contributed by atoms with Gasteiger partial charge in [0.2, 0.25) is 0 Å². The van der Waals surface area contributed by atoms with Gasteiger partial charge in [0.05, 0.1) is 4.88 Å². The first-order valence-corrected chi connectivity index (χ1v) is 5.86. The SMILES string of the molecule is O=S(=O)(Cl)c1ccc(C(F)F)s1. The average molecular weight is 233 g/mol. The summed E-state index contributed by atoms with van der Waals surface area (Å²) >= 11 is 0.478. The average Bonchev–Trinajstić information content (AvgIpc) is 2.30. The Hall–Kier alpha value is -0.200. The molecule has 0 N–H and O–H groups in total. The summed E-state index contributed by atoms with van der Waals surface area (Å²) < 4.78 is 44.8. The summed E-state index contributed by atoms with van der Waals surface area (Å²) in [4.78, 5) is -0.297. The van der Waals surface area contributed by atoms with Gasteiger partial charge in [-0.05, 0) is 12.1 Å². The number of halogens is 3. The van der Waals surface area contributed by atoms with E-state index in [1.165, 1.54) is 0 Å². The van der Waals surface area contributed by atoms with Gasteiger partial charge in [0.15, 0.2) is 0 Å². The molecule has 0 amide bonds. The van der Waals surface area contributed by atoms with E-state index in [9.17, 15) is 17.2 Å². The highest BCUT2D eigenvalue weighted by atomic mass is 35.7. The molecule has 0 aliphatic rings. The maximum absolute atomic E-state index is 11.9. The lowest BCUT2D eigenvalue weighted by Gasteiger charge is -1.89. The molecule has 68 valence electrons. The summed E-state index contributed by atoms with van der Waals surface area (Å²) in [6, 6.07) is 2.11. The molecule has 0 atom stereocenters. The maximum atomic E-state index is 11.9. The summed E-state index contributed by atoms with van der Waals surface area (Å²) in [7, 11) is 1.06. The lowest BCUT2D eigenvalue weighted by molar-refractivity contribution is 0.155. The largest absolute Gasteiger partial charge is 0.272 e. The first-order valence-electron chi connectivity index (χ1n) is 2.74. The fourth-order valence-corrected chi connectivity index (χ4v) is 2.53. The number of hydrogen-bond donors (Lipinski definition) is 0. The second kappa shape index (κ2) is 3.27. The van der Waals surface area contributed by atoms with Crippen LogP contribution in [-0.4, -0.2) is 8.42 Å². The Morgan fingerprint density at radius 1 is 1.42 bits per heavy atom. The van der Waals surface area contributed by atoms with E-state index in [2.05, 4.69) is 0 Å². The van der Waals surface area contributed by atoms with Crippen LogP contribution in [-0.2, 0) is 9.05 Å². The van der Waals surface area contributed by atoms with Crippen LogP contribution in [0, 0.1) is 0 Å². The molecule has 7 heteroatoms. The molecule has 1 aromatic heterocycles. The molecule has 0 radical (unpaired) electrons. The molecule has 1 heterocycles. The van der Waals surface area contributed by atoms with Crippen molar-refractivity contribution in [2.24, 2.45) is 0 Å². The van der Waals surface area contributed by atoms with Gasteiger partial charge in [0.25, 0.3) is 15.5 Å². The highest BCUT2D eigenvalue weighted by Crippen LogP contribution is 2.30. The number of rotatable bonds is 2. The Morgan fingerprint density at radius 2 is 2.00 bits per heavy atom. The zero-order valence-electron chi connectivity index (χ0n) is 5.50. The Bertz CT molecular complexity index is 371. The van der Waals surface area contributed by atoms with E-state index in [1.807, 2.05) is 0 Å². The van der Waals surface area contributed by atoms with Gasteiger partial charge in [-0.2, -0.15) is 0 Å². The molecule has 0 spiro atoms. The van der Waals surface area contributed by atoms with Crippen LogP contribution in [0.5, 0.6) is 0 Å². The molecular formula is C5H3ClF2O2S2. The minimum atomic E-state index is -3.86. The zero-order chi connectivity index (χ0) is 9.35. The van der Waals surface area contributed by atoms with Crippen LogP contribution in [0.4, 0.5) is 8.78 Å². The molecule has 2 nitrogen and oxygen atoms in total. The standard InChI is InChI=1S/C5H3ClF2O2S2/c6-12(9,10)4-2-1-3(11-4)5(7)8/h1-2,5H. The van der Waals surface area contributed by atoms with Crippen molar-refractivity contribution in [1.82, 2.24) is 0 Å². The van der Waals surface area contributed by atoms with Crippen molar-refractivity contribution in [2.45, 2.75) is 10.6 Å². The first-order chi connectivity index (χ1) is 5.41. The summed E-state index contributed by atoms with van der Waals surface area (Å²) in [6.07, 6.45) is -2.65. The van der Waals surface area contributed by atoms with Crippen molar-refractivity contribution >= 4 is 31.1 Å². The van der Waals surface area contributed by atoms with E-state index >= 15 is 0 Å². The first kappa shape index (κ1) is 9.88. The third-order valence-electron chi connectivity index (χ3n) is 1.06. The summed E-state index contributed by atoms with van der Waals surface area (Å²) in [5.41, 5.74) is 0. The molecular weight excluding hydrogens is 230 g/mol. The fourth-order valence-electron chi connectivity index (χ4n) is 0.583. The Balaban J connectivity index is 3.09. The van der Waals surface area contributed by atoms with Crippen molar-refractivity contribution in [2.75, 3.05) is 0 Å². The van der Waals surface area contributed by atoms with Gasteiger partial charge < -0.3 is 0 Å². The molecule has 0 saturated heterocycles. The van der Waals surface area contributed by atoms with Crippen molar-refractivity contribution in [1.29, 1.82) is 0 Å². The quantitative estimate of drug-likeness (QED) is 0.735. The van der Waals surface area contributed by atoms with Crippen LogP contribution < -0.4 is 0 Å². The lowest BCUT2D eigenvalue weighted by Crippen LogP contribution is -1.83. The highest BCUT2D eigenvalue weighted by Gasteiger charge is 2.17. The molecule has 1 aromatic rings. The van der Waals surface area contributed by atoms with E-state index in [1.54, 1.807) is 0 Å². The second-order valence-electron chi connectivity index (χ2n) is 1.90. The highest BCUT2D eigenvalue weighted by molar-refractivity contribution is 8.15. The Kier molecular flexibility index (Phi) is 2.70. The number of alkyl halides is 2. The van der Waals surface area contributed by atoms with Crippen molar-refractivity contribution in [3.8, 4) is 0 Å². The normalized spacial score (nSPS) is 12.3. The van der Waals surface area contributed by atoms with Gasteiger partial charge in [-0.1, -0.05) is 0 Å². The second-order valence-corrected chi connectivity index (χ2v) is 5.80. The van der Waals surface area contributed by atoms with Gasteiger partial charge in [0, 0.05) is 10.7 Å². The third-order valence-corrected chi connectivity index (χ3v) is 4.24. The van der Waals surface area contributed by atoms with Crippen LogP contribution in [0.3, 0.4) is 0 Å². The minimum Gasteiger partial charge on any atom is -0.206 e. The molecule has 0 aliphatic carbocycles. The van der Waals surface area contributed by atoms with Crippen LogP contribution >= 0.6 is 22.0 Å². The van der Waals surface area contributed by atoms with Crippen LogP contribution in [0.2, 0.25) is 0 Å². The van der Waals surface area contributed by atoms with E-state index in [-0.39, 0.29) is 9.09 Å². The lowest BCUT2D eigenvalue weighted by atomic mass is 10.5. The predicted molar refractivity (Wildman–Crippen MR) is 42.3 cm³/mol. The topological polar surface area (TPSA) is 34.1 Å². The van der Waals surface area contributed by atoms with Gasteiger partial charge in [-0.25, -0.2) is 17.2 Å². The molecule has 0 saturated carbocycles. The van der Waals surface area contributed by atoms with Gasteiger partial charge in [-0.15, -0.1) is 11.3 Å². The monoisotopic (exact) mass is 232 g/mol. The summed E-state index contributed by atoms with van der Waals surface area (Å²) in [5, 5.41) is 0. The van der Waals surface area contributed by atoms with Crippen molar-refractivity contribution < 1.29 is 17.2 Å². The maximum Gasteiger partial charge on any atom is 0.272 e. The van der Waals surface area contributed by atoms with Gasteiger partial charge >= 0.3 is 0 Å². The van der Waals surface area contributed by atoms with Gasteiger partial charge in [-0.3, -0.25) is 0 Å². The molecule has 0 aromatic carbocycles. The van der Waals surface area contributed by atoms with Crippen LogP contribution in [0.1, 0.15) is 11.3 Å². The molecule has 0 unspecified atom stereocenters. The Labute approximate surface area is 76.2 Å². The minimum absolute atomic E-state index is 0.250. The smallest absolute Gasteiger partial charge is 0.206 e. The van der Waals surface area contributed by atoms with E-state index in [4.69, 9.17) is 10.7 Å². The van der Waals surface area contributed by atoms with Crippen LogP contribution in [0.15, 0.2) is 16.3 Å². The van der Waals surface area contributed by atoms with E-state index < -0.39 is 15.5 Å². The summed E-state index contributed by atoms with van der Waals surface area (Å²) in [5.74, 6) is 0. The zero-order valence-corrected chi connectivity index (χ0v) is 7.89. The Morgan fingerprint density at radius 3 is 2.25 bits per heavy atom. The number of thiophene rings is 1. The predicted octanol–water partition coefficient (Wildman–Crippen LogP) is 2.61. The van der Waals surface area contributed by atoms with Crippen molar-refractivity contribution in [3.63, 3.8) is 0 Å². The van der Waals surface area contributed by atoms with Crippen LogP contribution in [0.25, 0.3) is 0 Å². The molecule has 1 rings (SSSR count). The molecule has 0 bridgehead atoms. The van der Waals surface area contributed by atoms with E-state index in [0.29, 0.717) is 11.3 Å². The van der Waals surface area contributed by atoms with E-state index in [0.717, 1.165) is 12.1 Å². The molecule has 0 fully saturated rings. The van der Waals surface area contributed by atoms with Gasteiger partial charge in [0.1, 0.15) is 4.21 Å². The third kappa shape index (κ3) is 2.15. The molecule has 0 aliphatic heterocycles.